The Morgan fingerprint density at radius 1 is 1.21 bits per heavy atom. The summed E-state index contributed by atoms with van der Waals surface area (Å²) in [5.74, 6) is -0.0392. The monoisotopic (exact) mass is 326 g/mol. The molecule has 126 valence electrons. The van der Waals surface area contributed by atoms with Crippen LogP contribution in [0.25, 0.3) is 0 Å². The highest BCUT2D eigenvalue weighted by Crippen LogP contribution is 2.27. The number of carboxylic acid groups (broad SMARTS) is 1. The first-order valence-corrected chi connectivity index (χ1v) is 8.24. The Morgan fingerprint density at radius 3 is 2.83 bits per heavy atom. The summed E-state index contributed by atoms with van der Waals surface area (Å²) in [4.78, 5) is 10.6. The molecule has 0 saturated heterocycles. The SMILES string of the molecule is Cc1ccccc1COc1ccc2c(c1)CCC(OCC(=O)O)C2. The molecule has 4 heteroatoms. The number of hydrogen-bond acceptors (Lipinski definition) is 3. The second kappa shape index (κ2) is 7.49. The topological polar surface area (TPSA) is 55.8 Å². The molecule has 2 aromatic rings. The van der Waals surface area contributed by atoms with Gasteiger partial charge < -0.3 is 14.6 Å². The Kier molecular flexibility index (Phi) is 5.16. The zero-order valence-corrected chi connectivity index (χ0v) is 13.8. The van der Waals surface area contributed by atoms with Gasteiger partial charge in [0.15, 0.2) is 0 Å². The Balaban J connectivity index is 1.61. The van der Waals surface area contributed by atoms with Crippen molar-refractivity contribution >= 4 is 5.97 Å². The normalized spacial score (nSPS) is 16.5. The van der Waals surface area contributed by atoms with E-state index in [1.54, 1.807) is 0 Å². The summed E-state index contributed by atoms with van der Waals surface area (Å²) in [6, 6.07) is 14.4. The lowest BCUT2D eigenvalue weighted by Gasteiger charge is -2.24. The van der Waals surface area contributed by atoms with Gasteiger partial charge in [0.25, 0.3) is 0 Å². The molecule has 1 unspecified atom stereocenters. The van der Waals surface area contributed by atoms with E-state index in [0.717, 1.165) is 25.0 Å². The summed E-state index contributed by atoms with van der Waals surface area (Å²) in [6.07, 6.45) is 2.50. The molecule has 24 heavy (non-hydrogen) atoms. The number of aryl methyl sites for hydroxylation is 2. The van der Waals surface area contributed by atoms with Gasteiger partial charge in [-0.25, -0.2) is 4.79 Å². The molecule has 3 rings (SSSR count). The standard InChI is InChI=1S/C20H22O4/c1-14-4-2-3-5-17(14)12-23-18-8-6-16-11-19(24-13-20(21)22)9-7-15(16)10-18/h2-6,8,10,19H,7,9,11-13H2,1H3,(H,21,22). The molecule has 0 aromatic heterocycles. The molecular weight excluding hydrogens is 304 g/mol. The van der Waals surface area contributed by atoms with Crippen molar-refractivity contribution in [3.8, 4) is 5.75 Å². The van der Waals surface area contributed by atoms with Gasteiger partial charge in [-0.15, -0.1) is 0 Å². The lowest BCUT2D eigenvalue weighted by Crippen LogP contribution is -2.25. The van der Waals surface area contributed by atoms with E-state index in [-0.39, 0.29) is 12.7 Å². The largest absolute Gasteiger partial charge is 0.489 e. The Labute approximate surface area is 142 Å². The van der Waals surface area contributed by atoms with E-state index in [4.69, 9.17) is 14.6 Å². The first-order valence-electron chi connectivity index (χ1n) is 8.24. The number of aliphatic carboxylic acids is 1. The first kappa shape index (κ1) is 16.5. The second-order valence-electron chi connectivity index (χ2n) is 6.22. The summed E-state index contributed by atoms with van der Waals surface area (Å²) in [5, 5.41) is 8.71. The molecule has 1 N–H and O–H groups in total. The van der Waals surface area contributed by atoms with Crippen molar-refractivity contribution in [2.75, 3.05) is 6.61 Å². The third-order valence-electron chi connectivity index (χ3n) is 4.46. The highest BCUT2D eigenvalue weighted by Gasteiger charge is 2.20. The van der Waals surface area contributed by atoms with Crippen LogP contribution < -0.4 is 4.74 Å². The van der Waals surface area contributed by atoms with Gasteiger partial charge in [0.1, 0.15) is 19.0 Å². The number of fused-ring (bicyclic) bond motifs is 1. The van der Waals surface area contributed by atoms with E-state index in [2.05, 4.69) is 31.2 Å². The van der Waals surface area contributed by atoms with Crippen LogP contribution in [0.1, 0.15) is 28.7 Å². The maximum absolute atomic E-state index is 10.6. The van der Waals surface area contributed by atoms with Gasteiger partial charge in [-0.2, -0.15) is 0 Å². The van der Waals surface area contributed by atoms with E-state index in [1.165, 1.54) is 22.3 Å². The summed E-state index contributed by atoms with van der Waals surface area (Å²) in [7, 11) is 0. The van der Waals surface area contributed by atoms with Crippen LogP contribution in [0.4, 0.5) is 0 Å². The average molecular weight is 326 g/mol. The zero-order valence-electron chi connectivity index (χ0n) is 13.8. The Hall–Kier alpha value is -2.33. The van der Waals surface area contributed by atoms with E-state index < -0.39 is 5.97 Å². The molecule has 2 aromatic carbocycles. The molecule has 0 bridgehead atoms. The number of carbonyl (C=O) groups is 1. The van der Waals surface area contributed by atoms with Crippen molar-refractivity contribution in [3.63, 3.8) is 0 Å². The van der Waals surface area contributed by atoms with Gasteiger partial charge in [0, 0.05) is 0 Å². The molecule has 0 fully saturated rings. The van der Waals surface area contributed by atoms with Crippen LogP contribution in [-0.4, -0.2) is 23.8 Å². The van der Waals surface area contributed by atoms with Gasteiger partial charge in [-0.3, -0.25) is 0 Å². The van der Waals surface area contributed by atoms with Crippen LogP contribution in [0.3, 0.4) is 0 Å². The predicted octanol–water partition coefficient (Wildman–Crippen LogP) is 3.53. The quantitative estimate of drug-likeness (QED) is 0.882. The number of hydrogen-bond donors (Lipinski definition) is 1. The Morgan fingerprint density at radius 2 is 2.04 bits per heavy atom. The fourth-order valence-corrected chi connectivity index (χ4v) is 3.05. The van der Waals surface area contributed by atoms with Crippen molar-refractivity contribution in [1.82, 2.24) is 0 Å². The fraction of sp³-hybridized carbons (Fsp3) is 0.350. The van der Waals surface area contributed by atoms with E-state index >= 15 is 0 Å². The fourth-order valence-electron chi connectivity index (χ4n) is 3.05. The third kappa shape index (κ3) is 4.15. The molecule has 0 aliphatic heterocycles. The average Bonchev–Trinajstić information content (AvgIpc) is 2.59. The zero-order chi connectivity index (χ0) is 16.9. The second-order valence-corrected chi connectivity index (χ2v) is 6.22. The summed E-state index contributed by atoms with van der Waals surface area (Å²) in [5.41, 5.74) is 4.92. The molecule has 4 nitrogen and oxygen atoms in total. The molecule has 1 aliphatic carbocycles. The van der Waals surface area contributed by atoms with E-state index in [0.29, 0.717) is 6.61 Å². The van der Waals surface area contributed by atoms with E-state index in [9.17, 15) is 4.79 Å². The summed E-state index contributed by atoms with van der Waals surface area (Å²) in [6.45, 7) is 2.43. The lowest BCUT2D eigenvalue weighted by atomic mass is 9.89. The number of carboxylic acids is 1. The van der Waals surface area contributed by atoms with Crippen LogP contribution in [0.2, 0.25) is 0 Å². The molecule has 0 saturated carbocycles. The summed E-state index contributed by atoms with van der Waals surface area (Å²) < 4.78 is 11.4. The molecule has 1 aliphatic rings. The molecule has 1 atom stereocenters. The van der Waals surface area contributed by atoms with Crippen molar-refractivity contribution in [1.29, 1.82) is 0 Å². The van der Waals surface area contributed by atoms with Crippen LogP contribution in [0, 0.1) is 6.92 Å². The van der Waals surface area contributed by atoms with E-state index in [1.807, 2.05) is 18.2 Å². The van der Waals surface area contributed by atoms with Crippen LogP contribution in [0.5, 0.6) is 5.75 Å². The maximum Gasteiger partial charge on any atom is 0.329 e. The highest BCUT2D eigenvalue weighted by atomic mass is 16.5. The Bertz CT molecular complexity index is 723. The summed E-state index contributed by atoms with van der Waals surface area (Å²) >= 11 is 0. The molecule has 0 radical (unpaired) electrons. The van der Waals surface area contributed by atoms with Gasteiger partial charge >= 0.3 is 5.97 Å². The number of rotatable bonds is 6. The smallest absolute Gasteiger partial charge is 0.329 e. The predicted molar refractivity (Wildman–Crippen MR) is 91.4 cm³/mol. The van der Waals surface area contributed by atoms with Gasteiger partial charge in [0.2, 0.25) is 0 Å². The molecule has 0 amide bonds. The minimum Gasteiger partial charge on any atom is -0.489 e. The maximum atomic E-state index is 10.6. The van der Waals surface area contributed by atoms with Gasteiger partial charge in [-0.05, 0) is 60.6 Å². The van der Waals surface area contributed by atoms with Crippen molar-refractivity contribution < 1.29 is 19.4 Å². The minimum atomic E-state index is -0.916. The van der Waals surface area contributed by atoms with Crippen molar-refractivity contribution in [3.05, 3.63) is 64.7 Å². The van der Waals surface area contributed by atoms with Gasteiger partial charge in [0.05, 0.1) is 6.10 Å². The van der Waals surface area contributed by atoms with Crippen molar-refractivity contribution in [2.24, 2.45) is 0 Å². The lowest BCUT2D eigenvalue weighted by molar-refractivity contribution is -0.144. The van der Waals surface area contributed by atoms with Crippen LogP contribution >= 0.6 is 0 Å². The van der Waals surface area contributed by atoms with Gasteiger partial charge in [-0.1, -0.05) is 30.3 Å². The van der Waals surface area contributed by atoms with Crippen molar-refractivity contribution in [2.45, 2.75) is 38.9 Å². The molecule has 0 heterocycles. The highest BCUT2D eigenvalue weighted by molar-refractivity contribution is 5.68. The van der Waals surface area contributed by atoms with Crippen LogP contribution in [0.15, 0.2) is 42.5 Å². The number of benzene rings is 2. The number of ether oxygens (including phenoxy) is 2. The first-order chi connectivity index (χ1) is 11.6. The third-order valence-corrected chi connectivity index (χ3v) is 4.46. The molecule has 0 spiro atoms. The molecular formula is C20H22O4. The minimum absolute atomic E-state index is 0.00710. The van der Waals surface area contributed by atoms with Crippen LogP contribution in [-0.2, 0) is 29.0 Å².